The average molecular weight is 513 g/mol. The van der Waals surface area contributed by atoms with Crippen LogP contribution in [-0.2, 0) is 11.5 Å². The lowest BCUT2D eigenvalue weighted by Crippen LogP contribution is -2.28. The Hall–Kier alpha value is -2.81. The van der Waals surface area contributed by atoms with Gasteiger partial charge in [-0.1, -0.05) is 22.0 Å². The van der Waals surface area contributed by atoms with Crippen LogP contribution in [0.3, 0.4) is 0 Å². The maximum atomic E-state index is 13.6. The monoisotopic (exact) mass is 512 g/mol. The average Bonchev–Trinajstić information content (AvgIpc) is 2.72. The van der Waals surface area contributed by atoms with Gasteiger partial charge in [0.15, 0.2) is 0 Å². The fourth-order valence-corrected chi connectivity index (χ4v) is 3.54. The van der Waals surface area contributed by atoms with Crippen molar-refractivity contribution in [1.29, 1.82) is 0 Å². The highest BCUT2D eigenvalue weighted by Crippen LogP contribution is 2.33. The number of hydrogen-bond acceptors (Lipinski definition) is 2. The summed E-state index contributed by atoms with van der Waals surface area (Å²) in [5.74, 6) is -2.39. The van der Waals surface area contributed by atoms with Crippen LogP contribution in [0.2, 0.25) is 0 Å². The SMILES string of the molecule is Cc1cc(F)ccc1-c1cc(CBr)cc(C(=O)N[C@H](C)c2ccc(F)c(C(F)(F)F)c2)n1. The molecule has 0 saturated heterocycles. The molecule has 0 aliphatic carbocycles. The maximum absolute atomic E-state index is 13.6. The molecule has 0 unspecified atom stereocenters. The second-order valence-electron chi connectivity index (χ2n) is 7.27. The van der Waals surface area contributed by atoms with Gasteiger partial charge in [0.1, 0.15) is 17.3 Å². The molecule has 2 aromatic carbocycles. The third kappa shape index (κ3) is 5.32. The first kappa shape index (κ1) is 23.8. The van der Waals surface area contributed by atoms with Gasteiger partial charge < -0.3 is 5.32 Å². The van der Waals surface area contributed by atoms with E-state index in [2.05, 4.69) is 26.2 Å². The molecule has 3 nitrogen and oxygen atoms in total. The molecule has 0 radical (unpaired) electrons. The summed E-state index contributed by atoms with van der Waals surface area (Å²) in [4.78, 5) is 17.2. The summed E-state index contributed by atoms with van der Waals surface area (Å²) in [5.41, 5.74) is 1.21. The van der Waals surface area contributed by atoms with Crippen LogP contribution >= 0.6 is 15.9 Å². The molecule has 1 aromatic heterocycles. The van der Waals surface area contributed by atoms with E-state index in [1.807, 2.05) is 0 Å². The third-order valence-corrected chi connectivity index (χ3v) is 5.53. The van der Waals surface area contributed by atoms with Crippen molar-refractivity contribution in [2.24, 2.45) is 0 Å². The molecular weight excluding hydrogens is 495 g/mol. The van der Waals surface area contributed by atoms with Gasteiger partial charge in [-0.05, 0) is 73.0 Å². The molecule has 0 bridgehead atoms. The Morgan fingerprint density at radius 2 is 1.81 bits per heavy atom. The zero-order valence-electron chi connectivity index (χ0n) is 17.0. The Morgan fingerprint density at radius 1 is 1.09 bits per heavy atom. The quantitative estimate of drug-likeness (QED) is 0.303. The Morgan fingerprint density at radius 3 is 2.44 bits per heavy atom. The van der Waals surface area contributed by atoms with Crippen molar-refractivity contribution in [2.75, 3.05) is 0 Å². The Bertz CT molecular complexity index is 1160. The molecule has 0 aliphatic rings. The molecule has 9 heteroatoms. The fraction of sp³-hybridized carbons (Fsp3) is 0.217. The van der Waals surface area contributed by atoms with E-state index in [9.17, 15) is 26.7 Å². The first-order valence-electron chi connectivity index (χ1n) is 9.50. The Labute approximate surface area is 189 Å². The number of aromatic nitrogens is 1. The molecule has 0 spiro atoms. The minimum atomic E-state index is -4.85. The minimum Gasteiger partial charge on any atom is -0.344 e. The highest BCUT2D eigenvalue weighted by Gasteiger charge is 2.34. The Kier molecular flexibility index (Phi) is 6.97. The lowest BCUT2D eigenvalue weighted by atomic mass is 10.0. The number of amides is 1. The van der Waals surface area contributed by atoms with Crippen molar-refractivity contribution in [3.05, 3.63) is 88.1 Å². The largest absolute Gasteiger partial charge is 0.419 e. The van der Waals surface area contributed by atoms with Crippen LogP contribution in [0, 0.1) is 18.6 Å². The van der Waals surface area contributed by atoms with Crippen LogP contribution in [0.15, 0.2) is 48.5 Å². The van der Waals surface area contributed by atoms with Gasteiger partial charge in [0.25, 0.3) is 5.91 Å². The molecule has 32 heavy (non-hydrogen) atoms. The van der Waals surface area contributed by atoms with Crippen LogP contribution in [-0.4, -0.2) is 10.9 Å². The predicted molar refractivity (Wildman–Crippen MR) is 114 cm³/mol. The molecule has 1 heterocycles. The van der Waals surface area contributed by atoms with E-state index in [1.165, 1.54) is 25.1 Å². The molecular formula is C23H18BrF5N2O. The number of alkyl halides is 4. The van der Waals surface area contributed by atoms with Crippen molar-refractivity contribution in [2.45, 2.75) is 31.4 Å². The van der Waals surface area contributed by atoms with Gasteiger partial charge in [0.05, 0.1) is 17.3 Å². The van der Waals surface area contributed by atoms with Crippen molar-refractivity contribution in [3.8, 4) is 11.3 Å². The van der Waals surface area contributed by atoms with E-state index in [-0.39, 0.29) is 11.3 Å². The Balaban J connectivity index is 1.91. The minimum absolute atomic E-state index is 0.0469. The van der Waals surface area contributed by atoms with Gasteiger partial charge in [-0.15, -0.1) is 0 Å². The summed E-state index contributed by atoms with van der Waals surface area (Å²) in [5, 5.41) is 3.02. The highest BCUT2D eigenvalue weighted by atomic mass is 79.9. The van der Waals surface area contributed by atoms with E-state index in [0.717, 1.165) is 11.6 Å². The number of benzene rings is 2. The number of pyridine rings is 1. The predicted octanol–water partition coefficient (Wildman–Crippen LogP) is 6.74. The van der Waals surface area contributed by atoms with Gasteiger partial charge in [-0.3, -0.25) is 4.79 Å². The standard InChI is InChI=1S/C23H18BrF5N2O/c1-12-7-16(25)4-5-17(12)20-8-14(11-24)9-21(31-20)22(32)30-13(2)15-3-6-19(26)18(10-15)23(27,28)29/h3-10,13H,11H2,1-2H3,(H,30,32)/t13-/m1/s1. The summed E-state index contributed by atoms with van der Waals surface area (Å²) in [7, 11) is 0. The first-order valence-corrected chi connectivity index (χ1v) is 10.6. The smallest absolute Gasteiger partial charge is 0.344 e. The van der Waals surface area contributed by atoms with E-state index < -0.39 is 35.3 Å². The highest BCUT2D eigenvalue weighted by molar-refractivity contribution is 9.08. The zero-order valence-corrected chi connectivity index (χ0v) is 18.6. The van der Waals surface area contributed by atoms with Gasteiger partial charge in [0, 0.05) is 10.9 Å². The molecule has 3 rings (SSSR count). The van der Waals surface area contributed by atoms with Crippen LogP contribution in [0.4, 0.5) is 22.0 Å². The second-order valence-corrected chi connectivity index (χ2v) is 7.83. The van der Waals surface area contributed by atoms with Gasteiger partial charge in [-0.25, -0.2) is 13.8 Å². The normalized spacial score (nSPS) is 12.5. The number of nitrogens with one attached hydrogen (secondary N) is 1. The van der Waals surface area contributed by atoms with Crippen LogP contribution < -0.4 is 5.32 Å². The summed E-state index contributed by atoms with van der Waals surface area (Å²) in [6.07, 6.45) is -4.85. The first-order chi connectivity index (χ1) is 15.0. The number of halogens is 6. The molecule has 1 atom stereocenters. The molecule has 3 aromatic rings. The van der Waals surface area contributed by atoms with E-state index >= 15 is 0 Å². The van der Waals surface area contributed by atoms with E-state index in [1.54, 1.807) is 25.1 Å². The van der Waals surface area contributed by atoms with Gasteiger partial charge in [-0.2, -0.15) is 13.2 Å². The zero-order chi connectivity index (χ0) is 23.6. The van der Waals surface area contributed by atoms with Crippen molar-refractivity contribution >= 4 is 21.8 Å². The van der Waals surface area contributed by atoms with E-state index in [4.69, 9.17) is 0 Å². The maximum Gasteiger partial charge on any atom is 0.419 e. The molecule has 0 fully saturated rings. The number of carbonyl (C=O) groups is 1. The molecule has 168 valence electrons. The lowest BCUT2D eigenvalue weighted by molar-refractivity contribution is -0.140. The van der Waals surface area contributed by atoms with Crippen molar-refractivity contribution < 1.29 is 26.7 Å². The summed E-state index contributed by atoms with van der Waals surface area (Å²) in [6.45, 7) is 3.21. The van der Waals surface area contributed by atoms with Gasteiger partial charge in [0.2, 0.25) is 0 Å². The van der Waals surface area contributed by atoms with Crippen LogP contribution in [0.5, 0.6) is 0 Å². The number of rotatable bonds is 5. The molecule has 1 amide bonds. The molecule has 1 N–H and O–H groups in total. The second kappa shape index (κ2) is 9.36. The van der Waals surface area contributed by atoms with E-state index in [0.29, 0.717) is 28.2 Å². The number of nitrogens with zero attached hydrogens (tertiary/aromatic N) is 1. The molecule has 0 saturated carbocycles. The summed E-state index contributed by atoms with van der Waals surface area (Å²) >= 11 is 3.34. The molecule has 0 aliphatic heterocycles. The fourth-order valence-electron chi connectivity index (χ4n) is 3.22. The number of hydrogen-bond donors (Lipinski definition) is 1. The van der Waals surface area contributed by atoms with Crippen LogP contribution in [0.1, 0.15) is 45.7 Å². The lowest BCUT2D eigenvalue weighted by Gasteiger charge is -2.17. The van der Waals surface area contributed by atoms with Gasteiger partial charge >= 0.3 is 6.18 Å². The van der Waals surface area contributed by atoms with Crippen LogP contribution in [0.25, 0.3) is 11.3 Å². The van der Waals surface area contributed by atoms with Crippen molar-refractivity contribution in [1.82, 2.24) is 10.3 Å². The topological polar surface area (TPSA) is 42.0 Å². The summed E-state index contributed by atoms with van der Waals surface area (Å²) in [6, 6.07) is 9.25. The van der Waals surface area contributed by atoms with Crippen molar-refractivity contribution in [3.63, 3.8) is 0 Å². The number of carbonyl (C=O) groups excluding carboxylic acids is 1. The summed E-state index contributed by atoms with van der Waals surface area (Å²) < 4.78 is 66.0. The number of aryl methyl sites for hydroxylation is 1. The third-order valence-electron chi connectivity index (χ3n) is 4.88.